The molecule has 0 spiro atoms. The summed E-state index contributed by atoms with van der Waals surface area (Å²) in [5.41, 5.74) is 1.87. The predicted molar refractivity (Wildman–Crippen MR) is 211 cm³/mol. The molecule has 1 aliphatic carbocycles. The molecule has 4 heterocycles. The van der Waals surface area contributed by atoms with E-state index in [0.717, 1.165) is 29.5 Å². The number of alkyl halides is 3. The van der Waals surface area contributed by atoms with Crippen molar-refractivity contribution < 1.29 is 27.4 Å². The highest BCUT2D eigenvalue weighted by Gasteiger charge is 2.42. The van der Waals surface area contributed by atoms with Gasteiger partial charge in [-0.05, 0) is 84.8 Å². The number of methoxy groups -OCH3 is 2. The maximum absolute atomic E-state index is 15.1. The fourth-order valence-electron chi connectivity index (χ4n) is 7.50. The lowest BCUT2D eigenvalue weighted by Gasteiger charge is -2.32. The van der Waals surface area contributed by atoms with Crippen molar-refractivity contribution in [2.24, 2.45) is 5.92 Å². The maximum Gasteiger partial charge on any atom is 0.418 e. The summed E-state index contributed by atoms with van der Waals surface area (Å²) in [6.07, 6.45) is 0.311. The van der Waals surface area contributed by atoms with Gasteiger partial charge in [0, 0.05) is 30.4 Å². The second kappa shape index (κ2) is 15.3. The molecular weight excluding hydrogens is 764 g/mol. The van der Waals surface area contributed by atoms with Gasteiger partial charge in [0.1, 0.15) is 41.2 Å². The number of benzene rings is 3. The number of hydrogen-bond donors (Lipinski definition) is 0. The molecule has 0 N–H and O–H groups in total. The fraction of sp³-hybridized carbons (Fsp3) is 0.286. The topological polar surface area (TPSA) is 85.7 Å². The zero-order chi connectivity index (χ0) is 39.1. The Balaban J connectivity index is 1.28. The Morgan fingerprint density at radius 1 is 0.911 bits per heavy atom. The molecule has 1 atom stereocenters. The third kappa shape index (κ3) is 7.35. The Bertz CT molecular complexity index is 2350. The van der Waals surface area contributed by atoms with Crippen LogP contribution in [-0.4, -0.2) is 47.3 Å². The number of pyridine rings is 2. The largest absolute Gasteiger partial charge is 0.497 e. The molecule has 9 nitrogen and oxygen atoms in total. The van der Waals surface area contributed by atoms with E-state index in [9.17, 15) is 0 Å². The minimum Gasteiger partial charge on any atom is -0.497 e. The van der Waals surface area contributed by atoms with Crippen molar-refractivity contribution >= 4 is 45.7 Å². The number of rotatable bonds is 11. The highest BCUT2D eigenvalue weighted by molar-refractivity contribution is 6.36. The number of ether oxygens (including phenoxy) is 3. The van der Waals surface area contributed by atoms with Crippen molar-refractivity contribution in [1.29, 1.82) is 0 Å². The van der Waals surface area contributed by atoms with Crippen LogP contribution in [0, 0.1) is 12.8 Å². The molecule has 3 aromatic carbocycles. The summed E-state index contributed by atoms with van der Waals surface area (Å²) in [6.45, 7) is 2.72. The van der Waals surface area contributed by atoms with Gasteiger partial charge in [-0.25, -0.2) is 19.9 Å². The Morgan fingerprint density at radius 3 is 2.16 bits per heavy atom. The summed E-state index contributed by atoms with van der Waals surface area (Å²) in [7, 11) is 3.18. The van der Waals surface area contributed by atoms with Crippen molar-refractivity contribution in [2.45, 2.75) is 45.1 Å². The van der Waals surface area contributed by atoms with Gasteiger partial charge in [0.05, 0.1) is 54.0 Å². The Hall–Kier alpha value is -5.33. The van der Waals surface area contributed by atoms with Crippen LogP contribution in [0.4, 0.5) is 24.8 Å². The first-order valence-electron chi connectivity index (χ1n) is 18.1. The number of nitrogens with zero attached hydrogens (tertiary/aromatic N) is 6. The molecule has 1 saturated carbocycles. The number of halogens is 5. The zero-order valence-electron chi connectivity index (χ0n) is 30.8. The highest BCUT2D eigenvalue weighted by Crippen LogP contribution is 2.52. The van der Waals surface area contributed by atoms with Crippen molar-refractivity contribution in [3.8, 4) is 28.5 Å². The Kier molecular flexibility index (Phi) is 10.3. The summed E-state index contributed by atoms with van der Waals surface area (Å²) in [5, 5.41) is 0.901. The van der Waals surface area contributed by atoms with Crippen molar-refractivity contribution in [3.63, 3.8) is 0 Å². The average Bonchev–Trinajstić information content (AvgIpc) is 4.05. The molecule has 6 aromatic rings. The molecule has 8 rings (SSSR count). The van der Waals surface area contributed by atoms with Gasteiger partial charge in [-0.2, -0.15) is 13.2 Å². The van der Waals surface area contributed by atoms with Crippen LogP contribution in [0.2, 0.25) is 10.2 Å². The highest BCUT2D eigenvalue weighted by atomic mass is 35.5. The maximum atomic E-state index is 15.1. The summed E-state index contributed by atoms with van der Waals surface area (Å²) in [5.74, 6) is 2.78. The van der Waals surface area contributed by atoms with E-state index in [4.69, 9.17) is 47.4 Å². The SMILES string of the molecule is COc1ccc(CN(Cc2ccc(OC)cc2)c2cc(C)c(C(F)(F)F)c(-c3cc4ncnc5c4c(c3Cl)OCCN5C(c3cccnc3Cl)C3CC3)n2)cc1. The molecule has 0 bridgehead atoms. The van der Waals surface area contributed by atoms with Crippen LogP contribution in [0.25, 0.3) is 22.2 Å². The van der Waals surface area contributed by atoms with E-state index in [0.29, 0.717) is 64.7 Å². The third-order valence-electron chi connectivity index (χ3n) is 10.3. The van der Waals surface area contributed by atoms with Crippen LogP contribution in [0.5, 0.6) is 17.2 Å². The number of hydrogen-bond acceptors (Lipinski definition) is 9. The monoisotopic (exact) mass is 800 g/mol. The molecular formula is C42H37Cl2F3N6O3. The molecule has 0 radical (unpaired) electrons. The van der Waals surface area contributed by atoms with E-state index in [-0.39, 0.29) is 40.2 Å². The lowest BCUT2D eigenvalue weighted by atomic mass is 9.98. The first-order valence-corrected chi connectivity index (χ1v) is 18.9. The van der Waals surface area contributed by atoms with Crippen LogP contribution < -0.4 is 24.0 Å². The van der Waals surface area contributed by atoms with Gasteiger partial charge in [0.15, 0.2) is 5.75 Å². The predicted octanol–water partition coefficient (Wildman–Crippen LogP) is 10.3. The smallest absolute Gasteiger partial charge is 0.418 e. The Labute approximate surface area is 332 Å². The van der Waals surface area contributed by atoms with Crippen molar-refractivity contribution in [1.82, 2.24) is 19.9 Å². The van der Waals surface area contributed by atoms with E-state index in [1.54, 1.807) is 26.5 Å². The number of aromatic nitrogens is 4. The van der Waals surface area contributed by atoms with Crippen molar-refractivity contribution in [3.05, 3.63) is 123 Å². The fourth-order valence-corrected chi connectivity index (χ4v) is 8.02. The first-order chi connectivity index (χ1) is 27.0. The molecule has 1 aliphatic heterocycles. The van der Waals surface area contributed by atoms with Crippen LogP contribution in [0.1, 0.15) is 46.7 Å². The van der Waals surface area contributed by atoms with E-state index in [1.165, 1.54) is 19.3 Å². The second-order valence-corrected chi connectivity index (χ2v) is 14.7. The standard InChI is InChI=1S/C42H37Cl2F3N6O3/c1-24-19-33(52(21-25-6-12-28(54-2)13-7-25)22-26-8-14-29(55-3)15-9-26)51-37(35(24)42(45,46)47)31-20-32-34-39(36(31)43)56-18-17-53(41(34)50-23-49-32)38(27-10-11-27)30-5-4-16-48-40(30)44/h4-9,12-16,19-20,23,27,38H,10-11,17-18,21-22H2,1-3H3. The summed E-state index contributed by atoms with van der Waals surface area (Å²) in [4.78, 5) is 22.5. The molecule has 288 valence electrons. The van der Waals surface area contributed by atoms with Crippen molar-refractivity contribution in [2.75, 3.05) is 37.2 Å². The summed E-state index contributed by atoms with van der Waals surface area (Å²) in [6, 6.07) is 21.7. The molecule has 0 amide bonds. The molecule has 1 unspecified atom stereocenters. The molecule has 14 heteroatoms. The molecule has 2 aliphatic rings. The minimum atomic E-state index is -4.76. The van der Waals surface area contributed by atoms with E-state index < -0.39 is 11.7 Å². The molecule has 1 fully saturated rings. The zero-order valence-corrected chi connectivity index (χ0v) is 32.3. The number of anilines is 2. The van der Waals surface area contributed by atoms with Gasteiger partial charge in [-0.1, -0.05) is 53.5 Å². The van der Waals surface area contributed by atoms with Gasteiger partial charge in [0.2, 0.25) is 0 Å². The second-order valence-electron chi connectivity index (χ2n) is 13.9. The molecule has 3 aromatic heterocycles. The minimum absolute atomic E-state index is 0.00918. The average molecular weight is 802 g/mol. The first kappa shape index (κ1) is 37.6. The van der Waals surface area contributed by atoms with Gasteiger partial charge in [-0.3, -0.25) is 0 Å². The molecule has 0 saturated heterocycles. The lowest BCUT2D eigenvalue weighted by Crippen LogP contribution is -2.34. The van der Waals surface area contributed by atoms with Gasteiger partial charge < -0.3 is 24.0 Å². The van der Waals surface area contributed by atoms with Crippen LogP contribution in [-0.2, 0) is 19.3 Å². The van der Waals surface area contributed by atoms with Gasteiger partial charge >= 0.3 is 6.18 Å². The lowest BCUT2D eigenvalue weighted by molar-refractivity contribution is -0.137. The molecule has 56 heavy (non-hydrogen) atoms. The number of aryl methyl sites for hydroxylation is 1. The van der Waals surface area contributed by atoms with E-state index in [1.807, 2.05) is 65.6 Å². The third-order valence-corrected chi connectivity index (χ3v) is 11.0. The quantitative estimate of drug-likeness (QED) is 0.119. The van der Waals surface area contributed by atoms with Crippen LogP contribution in [0.3, 0.4) is 0 Å². The van der Waals surface area contributed by atoms with Gasteiger partial charge in [0.25, 0.3) is 0 Å². The van der Waals surface area contributed by atoms with Crippen LogP contribution >= 0.6 is 23.2 Å². The van der Waals surface area contributed by atoms with Crippen LogP contribution in [0.15, 0.2) is 85.3 Å². The van der Waals surface area contributed by atoms with E-state index in [2.05, 4.69) is 14.9 Å². The summed E-state index contributed by atoms with van der Waals surface area (Å²) >= 11 is 13.8. The van der Waals surface area contributed by atoms with E-state index >= 15 is 13.2 Å². The summed E-state index contributed by atoms with van der Waals surface area (Å²) < 4.78 is 62.5. The van der Waals surface area contributed by atoms with Gasteiger partial charge in [-0.15, -0.1) is 0 Å². The Morgan fingerprint density at radius 2 is 1.57 bits per heavy atom. The normalized spacial score (nSPS) is 14.6.